The van der Waals surface area contributed by atoms with E-state index in [2.05, 4.69) is 0 Å². The van der Waals surface area contributed by atoms with Gasteiger partial charge in [0.2, 0.25) is 5.91 Å². The summed E-state index contributed by atoms with van der Waals surface area (Å²) in [6.07, 6.45) is 0.966. The van der Waals surface area contributed by atoms with Crippen LogP contribution in [-0.2, 0) is 13.0 Å². The number of rotatable bonds is 15. The maximum Gasteiger partial charge on any atom is 0.254 e. The molecule has 5 N–H and O–H groups in total. The number of aliphatic hydroxyl groups excluding tert-OH is 1. The smallest absolute Gasteiger partial charge is 0.254 e. The number of aliphatic hydroxyl groups is 1. The number of hydrogen-bond acceptors (Lipinski definition) is 7. The molecule has 10 heteroatoms. The Morgan fingerprint density at radius 3 is 2.12 bits per heavy atom. The number of hydrogen-bond donors (Lipinski definition) is 3. The lowest BCUT2D eigenvalue weighted by Gasteiger charge is -2.29. The standard InChI is InChI=1S/C31H40N4O5S/c1-4-11-34(12-5-2)30(38)23-15-22(29(33)37)16-24(17-23)31(39)35(19-21-8-6-9-25(14-21)40-3)20-28(36)27(32)18-26-10-7-13-41-26/h6-10,13-17,27-28,36H,4-5,11-12,18-20,32H2,1-3H3,(H2,33,37)/t27-,28+/m0/s1. The topological polar surface area (TPSA) is 139 Å². The molecule has 2 aromatic carbocycles. The molecule has 0 spiro atoms. The second-order valence-corrected chi connectivity index (χ2v) is 11.0. The van der Waals surface area contributed by atoms with Gasteiger partial charge in [0.25, 0.3) is 11.8 Å². The minimum absolute atomic E-state index is 0.0587. The molecule has 3 aromatic rings. The quantitative estimate of drug-likeness (QED) is 0.251. The second-order valence-electron chi connectivity index (χ2n) is 10.0. The molecule has 0 aliphatic heterocycles. The number of carbonyl (C=O) groups is 3. The molecule has 0 aliphatic rings. The van der Waals surface area contributed by atoms with Crippen LogP contribution >= 0.6 is 11.3 Å². The number of methoxy groups -OCH3 is 1. The minimum Gasteiger partial charge on any atom is -0.497 e. The molecule has 0 aliphatic carbocycles. The molecule has 0 saturated heterocycles. The highest BCUT2D eigenvalue weighted by atomic mass is 32.1. The molecule has 0 bridgehead atoms. The van der Waals surface area contributed by atoms with Crippen LogP contribution in [0.3, 0.4) is 0 Å². The molecule has 9 nitrogen and oxygen atoms in total. The summed E-state index contributed by atoms with van der Waals surface area (Å²) in [5.41, 5.74) is 13.1. The third kappa shape index (κ3) is 8.88. The number of benzene rings is 2. The first-order valence-electron chi connectivity index (χ1n) is 13.8. The molecule has 41 heavy (non-hydrogen) atoms. The van der Waals surface area contributed by atoms with Crippen LogP contribution in [0.25, 0.3) is 0 Å². The van der Waals surface area contributed by atoms with E-state index >= 15 is 0 Å². The van der Waals surface area contributed by atoms with Crippen molar-refractivity contribution in [3.63, 3.8) is 0 Å². The fourth-order valence-electron chi connectivity index (χ4n) is 4.61. The molecule has 220 valence electrons. The van der Waals surface area contributed by atoms with Crippen LogP contribution in [0.1, 0.15) is 68.2 Å². The van der Waals surface area contributed by atoms with Crippen LogP contribution in [0.15, 0.2) is 60.0 Å². The van der Waals surface area contributed by atoms with Crippen molar-refractivity contribution in [1.82, 2.24) is 9.80 Å². The zero-order valence-electron chi connectivity index (χ0n) is 23.9. The fourth-order valence-corrected chi connectivity index (χ4v) is 5.38. The number of ether oxygens (including phenoxy) is 1. The molecule has 2 atom stereocenters. The first-order chi connectivity index (χ1) is 19.7. The number of nitrogens with zero attached hydrogens (tertiary/aromatic N) is 2. The summed E-state index contributed by atoms with van der Waals surface area (Å²) in [5.74, 6) is -0.864. The van der Waals surface area contributed by atoms with Gasteiger partial charge in [-0.1, -0.05) is 32.0 Å². The van der Waals surface area contributed by atoms with Crippen molar-refractivity contribution in [2.75, 3.05) is 26.7 Å². The first-order valence-corrected chi connectivity index (χ1v) is 14.7. The summed E-state index contributed by atoms with van der Waals surface area (Å²) in [5, 5.41) is 13.0. The third-order valence-corrected chi connectivity index (χ3v) is 7.60. The lowest BCUT2D eigenvalue weighted by Crippen LogP contribution is -2.46. The number of carbonyl (C=O) groups excluding carboxylic acids is 3. The molecule has 0 saturated carbocycles. The molecular formula is C31H40N4O5S. The summed E-state index contributed by atoms with van der Waals surface area (Å²) in [4.78, 5) is 43.9. The fraction of sp³-hybridized carbons (Fsp3) is 0.387. The van der Waals surface area contributed by atoms with Gasteiger partial charge in [0, 0.05) is 53.8 Å². The highest BCUT2D eigenvalue weighted by Crippen LogP contribution is 2.20. The largest absolute Gasteiger partial charge is 0.497 e. The van der Waals surface area contributed by atoms with E-state index in [4.69, 9.17) is 16.2 Å². The Hall–Kier alpha value is -3.73. The molecule has 0 radical (unpaired) electrons. The summed E-state index contributed by atoms with van der Waals surface area (Å²) in [6.45, 7) is 5.14. The molecule has 3 amide bonds. The average Bonchev–Trinajstić information content (AvgIpc) is 3.48. The van der Waals surface area contributed by atoms with Crippen molar-refractivity contribution >= 4 is 29.1 Å². The van der Waals surface area contributed by atoms with Crippen LogP contribution in [0, 0.1) is 0 Å². The number of amides is 3. The van der Waals surface area contributed by atoms with Crippen LogP contribution in [0.5, 0.6) is 5.75 Å². The van der Waals surface area contributed by atoms with E-state index in [1.807, 2.05) is 43.5 Å². The van der Waals surface area contributed by atoms with Crippen LogP contribution in [0.2, 0.25) is 0 Å². The van der Waals surface area contributed by atoms with Gasteiger partial charge >= 0.3 is 0 Å². The Kier molecular flexibility index (Phi) is 11.9. The molecule has 1 aromatic heterocycles. The van der Waals surface area contributed by atoms with Gasteiger partial charge < -0.3 is 31.1 Å². The number of primary amides is 1. The molecule has 0 fully saturated rings. The van der Waals surface area contributed by atoms with Crippen LogP contribution in [-0.4, -0.2) is 71.5 Å². The van der Waals surface area contributed by atoms with Crippen molar-refractivity contribution in [1.29, 1.82) is 0 Å². The number of thiophene rings is 1. The zero-order chi connectivity index (χ0) is 29.9. The van der Waals surface area contributed by atoms with Gasteiger partial charge in [0.15, 0.2) is 0 Å². The Bertz CT molecular complexity index is 1310. The van der Waals surface area contributed by atoms with E-state index in [1.54, 1.807) is 35.5 Å². The zero-order valence-corrected chi connectivity index (χ0v) is 24.7. The highest BCUT2D eigenvalue weighted by Gasteiger charge is 2.26. The van der Waals surface area contributed by atoms with Crippen molar-refractivity contribution < 1.29 is 24.2 Å². The lowest BCUT2D eigenvalue weighted by atomic mass is 10.0. The van der Waals surface area contributed by atoms with E-state index in [9.17, 15) is 19.5 Å². The molecular weight excluding hydrogens is 540 g/mol. The van der Waals surface area contributed by atoms with Crippen molar-refractivity contribution in [2.24, 2.45) is 11.5 Å². The van der Waals surface area contributed by atoms with Crippen molar-refractivity contribution in [3.05, 3.63) is 87.1 Å². The maximum atomic E-state index is 14.0. The van der Waals surface area contributed by atoms with E-state index < -0.39 is 24.0 Å². The van der Waals surface area contributed by atoms with Crippen molar-refractivity contribution in [2.45, 2.75) is 51.8 Å². The Labute approximate surface area is 245 Å². The Balaban J connectivity index is 1.97. The second kappa shape index (κ2) is 15.3. The SMILES string of the molecule is CCCN(CCC)C(=O)c1cc(C(N)=O)cc(C(=O)N(Cc2cccc(OC)c2)C[C@@H](O)[C@@H](N)Cc2cccs2)c1. The van der Waals surface area contributed by atoms with E-state index in [0.717, 1.165) is 23.3 Å². The Morgan fingerprint density at radius 1 is 0.927 bits per heavy atom. The van der Waals surface area contributed by atoms with Crippen LogP contribution in [0.4, 0.5) is 0 Å². The van der Waals surface area contributed by atoms with Gasteiger partial charge in [-0.05, 0) is 66.6 Å². The molecule has 0 unspecified atom stereocenters. The van der Waals surface area contributed by atoms with Crippen molar-refractivity contribution in [3.8, 4) is 5.75 Å². The predicted octanol–water partition coefficient (Wildman–Crippen LogP) is 3.69. The van der Waals surface area contributed by atoms with Gasteiger partial charge in [0.1, 0.15) is 5.75 Å². The van der Waals surface area contributed by atoms with Gasteiger partial charge in [-0.3, -0.25) is 14.4 Å². The van der Waals surface area contributed by atoms with Gasteiger partial charge in [-0.2, -0.15) is 0 Å². The Morgan fingerprint density at radius 2 is 1.56 bits per heavy atom. The number of nitrogens with two attached hydrogens (primary N) is 2. The van der Waals surface area contributed by atoms with E-state index in [-0.39, 0.29) is 35.7 Å². The summed E-state index contributed by atoms with van der Waals surface area (Å²) >= 11 is 1.55. The first kappa shape index (κ1) is 31.8. The lowest BCUT2D eigenvalue weighted by molar-refractivity contribution is 0.0554. The molecule has 1 heterocycles. The normalized spacial score (nSPS) is 12.4. The monoisotopic (exact) mass is 580 g/mol. The predicted molar refractivity (Wildman–Crippen MR) is 161 cm³/mol. The third-order valence-electron chi connectivity index (χ3n) is 6.70. The summed E-state index contributed by atoms with van der Waals surface area (Å²) in [6, 6.07) is 14.8. The van der Waals surface area contributed by atoms with Gasteiger partial charge in [-0.15, -0.1) is 11.3 Å². The van der Waals surface area contributed by atoms with Crippen LogP contribution < -0.4 is 16.2 Å². The average molecular weight is 581 g/mol. The highest BCUT2D eigenvalue weighted by molar-refractivity contribution is 7.09. The van der Waals surface area contributed by atoms with Gasteiger partial charge in [-0.25, -0.2) is 0 Å². The van der Waals surface area contributed by atoms with Gasteiger partial charge in [0.05, 0.1) is 13.2 Å². The maximum absolute atomic E-state index is 14.0. The minimum atomic E-state index is -1.03. The molecule has 3 rings (SSSR count). The summed E-state index contributed by atoms with van der Waals surface area (Å²) < 4.78 is 5.34. The van der Waals surface area contributed by atoms with E-state index in [0.29, 0.717) is 25.3 Å². The van der Waals surface area contributed by atoms with E-state index in [1.165, 1.54) is 23.1 Å². The summed E-state index contributed by atoms with van der Waals surface area (Å²) in [7, 11) is 1.56.